The standard InChI is InChI=1S/C14H10F6N2.H2O4S/c15-13(16,17)9-4-2-1-3-7(9)8-5-6-10(21)12(22)11(8)14(18,19)20;1-5(2,3)4/h1-6H,21-22H2;(H2,1,2,3,4). The maximum Gasteiger partial charge on any atom is 0.419 e. The molecule has 0 aliphatic carbocycles. The van der Waals surface area contributed by atoms with E-state index in [1.165, 1.54) is 6.07 Å². The van der Waals surface area contributed by atoms with E-state index in [4.69, 9.17) is 29.0 Å². The first-order valence-electron chi connectivity index (χ1n) is 6.65. The molecule has 0 unspecified atom stereocenters. The first-order valence-corrected chi connectivity index (χ1v) is 8.04. The van der Waals surface area contributed by atoms with E-state index in [0.717, 1.165) is 24.3 Å². The smallest absolute Gasteiger partial charge is 0.397 e. The highest BCUT2D eigenvalue weighted by Gasteiger charge is 2.40. The lowest BCUT2D eigenvalue weighted by atomic mass is 9.93. The van der Waals surface area contributed by atoms with Crippen LogP contribution < -0.4 is 11.5 Å². The topological polar surface area (TPSA) is 127 Å². The van der Waals surface area contributed by atoms with Gasteiger partial charge in [-0.2, -0.15) is 34.8 Å². The van der Waals surface area contributed by atoms with E-state index in [-0.39, 0.29) is 5.69 Å². The second-order valence-corrected chi connectivity index (χ2v) is 5.88. The maximum absolute atomic E-state index is 13.2. The molecule has 0 bridgehead atoms. The molecule has 0 heterocycles. The van der Waals surface area contributed by atoms with Crippen LogP contribution >= 0.6 is 0 Å². The van der Waals surface area contributed by atoms with Gasteiger partial charge in [0.15, 0.2) is 0 Å². The minimum atomic E-state index is -4.94. The average Bonchev–Trinajstić information content (AvgIpc) is 2.46. The van der Waals surface area contributed by atoms with Crippen LogP contribution in [0.4, 0.5) is 37.7 Å². The number of halogens is 6. The maximum atomic E-state index is 13.2. The fourth-order valence-corrected chi connectivity index (χ4v) is 2.13. The summed E-state index contributed by atoms with van der Waals surface area (Å²) < 4.78 is 110. The van der Waals surface area contributed by atoms with Crippen molar-refractivity contribution in [1.82, 2.24) is 0 Å². The van der Waals surface area contributed by atoms with Crippen molar-refractivity contribution < 1.29 is 43.9 Å². The molecule has 0 aromatic heterocycles. The molecule has 150 valence electrons. The molecule has 0 fully saturated rings. The van der Waals surface area contributed by atoms with Gasteiger partial charge in [-0.15, -0.1) is 0 Å². The molecule has 0 aliphatic rings. The molecule has 0 saturated heterocycles. The summed E-state index contributed by atoms with van der Waals surface area (Å²) in [6.07, 6.45) is -9.73. The summed E-state index contributed by atoms with van der Waals surface area (Å²) in [6.45, 7) is 0. The molecule has 0 amide bonds. The highest BCUT2D eigenvalue weighted by molar-refractivity contribution is 7.79. The van der Waals surface area contributed by atoms with Gasteiger partial charge in [-0.25, -0.2) is 0 Å². The molecule has 0 saturated carbocycles. The molecule has 0 atom stereocenters. The van der Waals surface area contributed by atoms with Crippen molar-refractivity contribution >= 4 is 21.8 Å². The predicted molar refractivity (Wildman–Crippen MR) is 84.9 cm³/mol. The normalized spacial score (nSPS) is 12.3. The molecule has 6 nitrogen and oxygen atoms in total. The number of hydrogen-bond acceptors (Lipinski definition) is 4. The van der Waals surface area contributed by atoms with Crippen LogP contribution in [0, 0.1) is 0 Å². The van der Waals surface area contributed by atoms with Crippen LogP contribution in [0.1, 0.15) is 11.1 Å². The van der Waals surface area contributed by atoms with E-state index in [1.54, 1.807) is 0 Å². The van der Waals surface area contributed by atoms with Gasteiger partial charge < -0.3 is 11.5 Å². The molecule has 13 heteroatoms. The number of nitrogen functional groups attached to an aromatic ring is 2. The molecule has 0 radical (unpaired) electrons. The Morgan fingerprint density at radius 1 is 0.778 bits per heavy atom. The minimum absolute atomic E-state index is 0.347. The molecule has 2 aromatic carbocycles. The lowest BCUT2D eigenvalue weighted by Gasteiger charge is -2.19. The SMILES string of the molecule is Nc1ccc(-c2ccccc2C(F)(F)F)c(C(F)(F)F)c1N.O=S(=O)(O)O. The summed E-state index contributed by atoms with van der Waals surface area (Å²) in [5.74, 6) is 0. The van der Waals surface area contributed by atoms with Crippen LogP contribution in [-0.2, 0) is 22.8 Å². The van der Waals surface area contributed by atoms with Gasteiger partial charge in [0.2, 0.25) is 0 Å². The quantitative estimate of drug-likeness (QED) is 0.316. The van der Waals surface area contributed by atoms with Crippen LogP contribution in [0.3, 0.4) is 0 Å². The Balaban J connectivity index is 0.000000646. The Hall–Kier alpha value is -2.51. The molecule has 2 rings (SSSR count). The molecule has 0 spiro atoms. The van der Waals surface area contributed by atoms with Crippen molar-refractivity contribution in [3.05, 3.63) is 47.5 Å². The number of nitrogens with two attached hydrogens (primary N) is 2. The van der Waals surface area contributed by atoms with Gasteiger partial charge >= 0.3 is 22.8 Å². The summed E-state index contributed by atoms with van der Waals surface area (Å²) in [7, 11) is -4.67. The average molecular weight is 418 g/mol. The lowest BCUT2D eigenvalue weighted by Crippen LogP contribution is -2.14. The third kappa shape index (κ3) is 6.30. The Labute approximate surface area is 149 Å². The van der Waals surface area contributed by atoms with Gasteiger partial charge in [0.05, 0.1) is 22.5 Å². The van der Waals surface area contributed by atoms with Crippen LogP contribution in [0.2, 0.25) is 0 Å². The second-order valence-electron chi connectivity index (χ2n) is 4.98. The van der Waals surface area contributed by atoms with Crippen LogP contribution in [0.25, 0.3) is 11.1 Å². The molecule has 27 heavy (non-hydrogen) atoms. The Morgan fingerprint density at radius 3 is 1.70 bits per heavy atom. The lowest BCUT2D eigenvalue weighted by molar-refractivity contribution is -0.139. The Bertz CT molecular complexity index is 918. The highest BCUT2D eigenvalue weighted by Crippen LogP contribution is 2.46. The zero-order chi connectivity index (χ0) is 21.2. The van der Waals surface area contributed by atoms with E-state index >= 15 is 0 Å². The Kier molecular flexibility index (Phi) is 6.36. The minimum Gasteiger partial charge on any atom is -0.397 e. The van der Waals surface area contributed by atoms with E-state index in [9.17, 15) is 26.3 Å². The first kappa shape index (κ1) is 22.5. The van der Waals surface area contributed by atoms with E-state index < -0.39 is 50.7 Å². The Morgan fingerprint density at radius 2 is 1.26 bits per heavy atom. The van der Waals surface area contributed by atoms with Gasteiger partial charge in [-0.1, -0.05) is 24.3 Å². The van der Waals surface area contributed by atoms with Crippen molar-refractivity contribution in [2.45, 2.75) is 12.4 Å². The van der Waals surface area contributed by atoms with E-state index in [0.29, 0.717) is 6.07 Å². The van der Waals surface area contributed by atoms with Gasteiger partial charge in [0, 0.05) is 0 Å². The zero-order valence-electron chi connectivity index (χ0n) is 13.0. The van der Waals surface area contributed by atoms with E-state index in [2.05, 4.69) is 0 Å². The third-order valence-electron chi connectivity index (χ3n) is 3.09. The summed E-state index contributed by atoms with van der Waals surface area (Å²) in [6, 6.07) is 5.93. The number of anilines is 2. The third-order valence-corrected chi connectivity index (χ3v) is 3.09. The van der Waals surface area contributed by atoms with Gasteiger partial charge in [-0.3, -0.25) is 9.11 Å². The van der Waals surface area contributed by atoms with Crippen LogP contribution in [0.5, 0.6) is 0 Å². The molecular formula is C14H12F6N2O4S. The summed E-state index contributed by atoms with van der Waals surface area (Å²) in [4.78, 5) is 0. The van der Waals surface area contributed by atoms with Gasteiger partial charge in [0.1, 0.15) is 0 Å². The molecule has 2 aromatic rings. The number of rotatable bonds is 1. The summed E-state index contributed by atoms with van der Waals surface area (Å²) in [5, 5.41) is 0. The summed E-state index contributed by atoms with van der Waals surface area (Å²) >= 11 is 0. The highest BCUT2D eigenvalue weighted by atomic mass is 32.3. The fraction of sp³-hybridized carbons (Fsp3) is 0.143. The zero-order valence-corrected chi connectivity index (χ0v) is 13.8. The largest absolute Gasteiger partial charge is 0.419 e. The van der Waals surface area contributed by atoms with Crippen molar-refractivity contribution in [3.8, 4) is 11.1 Å². The molecule has 0 aliphatic heterocycles. The van der Waals surface area contributed by atoms with Gasteiger partial charge in [-0.05, 0) is 23.3 Å². The molecule has 6 N–H and O–H groups in total. The fourth-order valence-electron chi connectivity index (χ4n) is 2.13. The predicted octanol–water partition coefficient (Wildman–Crippen LogP) is 3.90. The number of benzene rings is 2. The van der Waals surface area contributed by atoms with Crippen molar-refractivity contribution in [2.24, 2.45) is 0 Å². The summed E-state index contributed by atoms with van der Waals surface area (Å²) in [5.41, 5.74) is 5.73. The van der Waals surface area contributed by atoms with Crippen LogP contribution in [-0.4, -0.2) is 17.5 Å². The van der Waals surface area contributed by atoms with Crippen molar-refractivity contribution in [3.63, 3.8) is 0 Å². The first-order chi connectivity index (χ1) is 12.0. The van der Waals surface area contributed by atoms with Crippen molar-refractivity contribution in [1.29, 1.82) is 0 Å². The second kappa shape index (κ2) is 7.62. The monoisotopic (exact) mass is 418 g/mol. The van der Waals surface area contributed by atoms with Gasteiger partial charge in [0.25, 0.3) is 0 Å². The molecular weight excluding hydrogens is 406 g/mol. The number of hydrogen-bond donors (Lipinski definition) is 4. The van der Waals surface area contributed by atoms with Crippen molar-refractivity contribution in [2.75, 3.05) is 11.5 Å². The van der Waals surface area contributed by atoms with E-state index in [1.807, 2.05) is 0 Å². The number of alkyl halides is 6. The van der Waals surface area contributed by atoms with Crippen LogP contribution in [0.15, 0.2) is 36.4 Å².